The van der Waals surface area contributed by atoms with E-state index < -0.39 is 0 Å². The van der Waals surface area contributed by atoms with Crippen LogP contribution >= 0.6 is 0 Å². The van der Waals surface area contributed by atoms with Gasteiger partial charge in [-0.05, 0) is 6.92 Å². The van der Waals surface area contributed by atoms with Crippen molar-refractivity contribution in [2.24, 2.45) is 0 Å². The lowest BCUT2D eigenvalue weighted by Gasteiger charge is -1.88. The molecule has 56 valence electrons. The van der Waals surface area contributed by atoms with Gasteiger partial charge in [0.15, 0.2) is 11.4 Å². The predicted octanol–water partition coefficient (Wildman–Crippen LogP) is 1.11. The van der Waals surface area contributed by atoms with Crippen molar-refractivity contribution in [2.75, 3.05) is 5.73 Å². The number of nitrogen functional groups attached to an aromatic ring is 1. The number of fused-ring (bicyclic) bond motifs is 1. The first-order valence-corrected chi connectivity index (χ1v) is 3.25. The van der Waals surface area contributed by atoms with Gasteiger partial charge < -0.3 is 10.3 Å². The van der Waals surface area contributed by atoms with Crippen molar-refractivity contribution in [3.63, 3.8) is 0 Å². The van der Waals surface area contributed by atoms with Gasteiger partial charge in [0, 0.05) is 18.0 Å². The van der Waals surface area contributed by atoms with Gasteiger partial charge in [-0.3, -0.25) is 4.98 Å². The van der Waals surface area contributed by atoms with Crippen LogP contribution in [0, 0.1) is 6.92 Å². The fourth-order valence-corrected chi connectivity index (χ4v) is 0.950. The molecule has 0 fully saturated rings. The molecule has 0 aliphatic carbocycles. The maximum absolute atomic E-state index is 5.48. The zero-order chi connectivity index (χ0) is 7.84. The van der Waals surface area contributed by atoms with Crippen LogP contribution in [0.25, 0.3) is 11.0 Å². The Kier molecular flexibility index (Phi) is 1.09. The summed E-state index contributed by atoms with van der Waals surface area (Å²) in [5.41, 5.74) is 7.07. The summed E-state index contributed by atoms with van der Waals surface area (Å²) >= 11 is 0. The summed E-state index contributed by atoms with van der Waals surface area (Å²) < 4.78 is 4.91. The first kappa shape index (κ1) is 6.15. The van der Waals surface area contributed by atoms with E-state index in [9.17, 15) is 0 Å². The van der Waals surface area contributed by atoms with Gasteiger partial charge >= 0.3 is 0 Å². The van der Waals surface area contributed by atoms with Gasteiger partial charge in [-0.25, -0.2) is 0 Å². The zero-order valence-corrected chi connectivity index (χ0v) is 6.03. The molecule has 2 aromatic rings. The van der Waals surface area contributed by atoms with Gasteiger partial charge in [0.25, 0.3) is 0 Å². The highest BCUT2D eigenvalue weighted by Gasteiger charge is 2.03. The molecule has 0 saturated carbocycles. The molecule has 2 N–H and O–H groups in total. The van der Waals surface area contributed by atoms with E-state index in [-0.39, 0.29) is 0 Å². The Morgan fingerprint density at radius 3 is 3.18 bits per heavy atom. The Morgan fingerprint density at radius 1 is 1.55 bits per heavy atom. The number of aryl methyl sites for hydroxylation is 1. The zero-order valence-electron chi connectivity index (χ0n) is 6.03. The summed E-state index contributed by atoms with van der Waals surface area (Å²) in [7, 11) is 0. The normalized spacial score (nSPS) is 10.6. The number of nitrogens with two attached hydrogens (primary N) is 1. The van der Waals surface area contributed by atoms with Crippen LogP contribution in [0.4, 0.5) is 5.82 Å². The van der Waals surface area contributed by atoms with E-state index >= 15 is 0 Å². The SMILES string of the molecule is Cc1cc2onc(N)c2cn1. The van der Waals surface area contributed by atoms with Gasteiger partial charge in [0.2, 0.25) is 0 Å². The van der Waals surface area contributed by atoms with Gasteiger partial charge in [0.1, 0.15) is 0 Å². The average molecular weight is 149 g/mol. The highest BCUT2D eigenvalue weighted by Crippen LogP contribution is 2.18. The molecule has 4 nitrogen and oxygen atoms in total. The van der Waals surface area contributed by atoms with Crippen LogP contribution in [-0.2, 0) is 0 Å². The maximum Gasteiger partial charge on any atom is 0.176 e. The van der Waals surface area contributed by atoms with Crippen LogP contribution in [0.3, 0.4) is 0 Å². The lowest BCUT2D eigenvalue weighted by Crippen LogP contribution is -1.84. The van der Waals surface area contributed by atoms with E-state index in [0.29, 0.717) is 11.4 Å². The fourth-order valence-electron chi connectivity index (χ4n) is 0.950. The lowest BCUT2D eigenvalue weighted by molar-refractivity contribution is 0.460. The van der Waals surface area contributed by atoms with Crippen molar-refractivity contribution in [1.29, 1.82) is 0 Å². The quantitative estimate of drug-likeness (QED) is 0.609. The topological polar surface area (TPSA) is 64.9 Å². The van der Waals surface area contributed by atoms with E-state index in [1.54, 1.807) is 12.3 Å². The molecule has 2 heterocycles. The van der Waals surface area contributed by atoms with Crippen molar-refractivity contribution in [2.45, 2.75) is 6.92 Å². The molecule has 0 unspecified atom stereocenters. The molecule has 0 aromatic carbocycles. The number of rotatable bonds is 0. The molecule has 0 bridgehead atoms. The number of anilines is 1. The number of hydrogen-bond acceptors (Lipinski definition) is 4. The summed E-state index contributed by atoms with van der Waals surface area (Å²) in [5.74, 6) is 0.396. The van der Waals surface area contributed by atoms with Crippen LogP contribution in [0.5, 0.6) is 0 Å². The van der Waals surface area contributed by atoms with Crippen molar-refractivity contribution >= 4 is 16.8 Å². The second kappa shape index (κ2) is 1.95. The van der Waals surface area contributed by atoms with Crippen LogP contribution in [-0.4, -0.2) is 10.1 Å². The molecule has 4 heteroatoms. The molecule has 2 rings (SSSR count). The largest absolute Gasteiger partial charge is 0.380 e. The van der Waals surface area contributed by atoms with E-state index in [1.807, 2.05) is 6.92 Å². The highest BCUT2D eigenvalue weighted by atomic mass is 16.5. The number of hydrogen-bond donors (Lipinski definition) is 1. The van der Waals surface area contributed by atoms with E-state index in [0.717, 1.165) is 11.1 Å². The summed E-state index contributed by atoms with van der Waals surface area (Å²) in [6.45, 7) is 1.89. The minimum Gasteiger partial charge on any atom is -0.380 e. The first-order valence-electron chi connectivity index (χ1n) is 3.25. The minimum atomic E-state index is 0.396. The van der Waals surface area contributed by atoms with Crippen molar-refractivity contribution in [3.8, 4) is 0 Å². The van der Waals surface area contributed by atoms with E-state index in [2.05, 4.69) is 10.1 Å². The van der Waals surface area contributed by atoms with Crippen LogP contribution < -0.4 is 5.73 Å². The predicted molar refractivity (Wildman–Crippen MR) is 41.0 cm³/mol. The van der Waals surface area contributed by atoms with Gasteiger partial charge in [-0.2, -0.15) is 0 Å². The van der Waals surface area contributed by atoms with Gasteiger partial charge in [-0.15, -0.1) is 0 Å². The molecule has 0 spiro atoms. The molecule has 0 saturated heterocycles. The third kappa shape index (κ3) is 0.832. The Morgan fingerprint density at radius 2 is 2.36 bits per heavy atom. The Hall–Kier alpha value is -1.58. The lowest BCUT2D eigenvalue weighted by atomic mass is 10.3. The summed E-state index contributed by atoms with van der Waals surface area (Å²) in [5, 5.41) is 4.37. The minimum absolute atomic E-state index is 0.396. The van der Waals surface area contributed by atoms with Gasteiger partial charge in [-0.1, -0.05) is 5.16 Å². The summed E-state index contributed by atoms with van der Waals surface area (Å²) in [6.07, 6.45) is 1.66. The number of aromatic nitrogens is 2. The first-order chi connectivity index (χ1) is 5.27. The van der Waals surface area contributed by atoms with Gasteiger partial charge in [0.05, 0.1) is 5.39 Å². The molecular formula is C7H7N3O. The van der Waals surface area contributed by atoms with Crippen molar-refractivity contribution in [3.05, 3.63) is 18.0 Å². The number of nitrogens with zero attached hydrogens (tertiary/aromatic N) is 2. The van der Waals surface area contributed by atoms with Crippen LogP contribution in [0.15, 0.2) is 16.8 Å². The average Bonchev–Trinajstić information content (AvgIpc) is 2.32. The fraction of sp³-hybridized carbons (Fsp3) is 0.143. The van der Waals surface area contributed by atoms with Crippen LogP contribution in [0.1, 0.15) is 5.69 Å². The Bertz CT molecular complexity index is 393. The van der Waals surface area contributed by atoms with Crippen LogP contribution in [0.2, 0.25) is 0 Å². The Balaban J connectivity index is 2.86. The van der Waals surface area contributed by atoms with Crippen molar-refractivity contribution < 1.29 is 4.52 Å². The Labute approximate surface area is 63.0 Å². The summed E-state index contributed by atoms with van der Waals surface area (Å²) in [6, 6.07) is 1.80. The molecule has 0 aliphatic heterocycles. The number of pyridine rings is 1. The second-order valence-electron chi connectivity index (χ2n) is 2.39. The molecule has 0 amide bonds. The standard InChI is InChI=1S/C7H7N3O/c1-4-2-6-5(3-9-4)7(8)10-11-6/h2-3H,1H3,(H2,8,10). The molecule has 2 aromatic heterocycles. The highest BCUT2D eigenvalue weighted by molar-refractivity contribution is 5.85. The third-order valence-corrected chi connectivity index (χ3v) is 1.52. The molecular weight excluding hydrogens is 142 g/mol. The molecule has 0 aliphatic rings. The molecule has 0 atom stereocenters. The van der Waals surface area contributed by atoms with Crippen molar-refractivity contribution in [1.82, 2.24) is 10.1 Å². The smallest absolute Gasteiger partial charge is 0.176 e. The maximum atomic E-state index is 5.48. The second-order valence-corrected chi connectivity index (χ2v) is 2.39. The summed E-state index contributed by atoms with van der Waals surface area (Å²) in [4.78, 5) is 4.06. The van der Waals surface area contributed by atoms with E-state index in [1.165, 1.54) is 0 Å². The molecule has 11 heavy (non-hydrogen) atoms. The monoisotopic (exact) mass is 149 g/mol. The third-order valence-electron chi connectivity index (χ3n) is 1.52. The van der Waals surface area contributed by atoms with E-state index in [4.69, 9.17) is 10.3 Å². The molecule has 0 radical (unpaired) electrons.